The summed E-state index contributed by atoms with van der Waals surface area (Å²) in [6, 6.07) is 28.9. The topological polar surface area (TPSA) is 84.0 Å². The predicted octanol–water partition coefficient (Wildman–Crippen LogP) is 6.73. The maximum atomic E-state index is 11.7. The number of pyridine rings is 2. The number of amides is 2. The fraction of sp³-hybridized carbons (Fsp3) is 0. The van der Waals surface area contributed by atoms with Crippen LogP contribution >= 0.6 is 27.6 Å². The van der Waals surface area contributed by atoms with Crippen LogP contribution in [-0.4, -0.2) is 21.8 Å². The molecule has 6 nitrogen and oxygen atoms in total. The van der Waals surface area contributed by atoms with Gasteiger partial charge in [-0.2, -0.15) is 0 Å². The first kappa shape index (κ1) is 27.5. The van der Waals surface area contributed by atoms with Gasteiger partial charge in [0.05, 0.1) is 0 Å². The molecule has 0 radical (unpaired) electrons. The average Bonchev–Trinajstić information content (AvgIpc) is 2.86. The second-order valence-electron chi connectivity index (χ2n) is 6.26. The summed E-state index contributed by atoms with van der Waals surface area (Å²) in [4.78, 5) is 31.4. The molecule has 0 fully saturated rings. The second kappa shape index (κ2) is 16.0. The molecule has 2 amide bonds. The standard InChI is InChI=1S/2C12H10N2O.3ClH.Nb/c2*15-12(10-6-2-1-3-7-10)14-11-8-4-5-9-13-11;;;;/h2*1-9H,(H,13,14,15);3*1H;/q;;;;;+3/p-3. The van der Waals surface area contributed by atoms with Gasteiger partial charge in [0.1, 0.15) is 11.6 Å². The first-order chi connectivity index (χ1) is 16.5. The Labute approximate surface area is 215 Å². The van der Waals surface area contributed by atoms with Crippen molar-refractivity contribution in [2.45, 2.75) is 0 Å². The summed E-state index contributed by atoms with van der Waals surface area (Å²) in [5, 5.41) is 5.42. The predicted molar refractivity (Wildman–Crippen MR) is 135 cm³/mol. The molecule has 4 rings (SSSR count). The molecule has 0 aliphatic rings. The molecular formula is C24H20Cl3N4NbO2. The summed E-state index contributed by atoms with van der Waals surface area (Å²) in [6.07, 6.45) is 3.28. The average molecular weight is 596 g/mol. The summed E-state index contributed by atoms with van der Waals surface area (Å²) in [5.74, 6) is 0.835. The van der Waals surface area contributed by atoms with E-state index in [0.29, 0.717) is 22.8 Å². The van der Waals surface area contributed by atoms with Crippen LogP contribution in [-0.2, 0) is 15.2 Å². The van der Waals surface area contributed by atoms with Gasteiger partial charge in [-0.15, -0.1) is 0 Å². The number of hydrogen-bond donors (Lipinski definition) is 2. The van der Waals surface area contributed by atoms with Crippen LogP contribution in [0, 0.1) is 0 Å². The molecule has 2 N–H and O–H groups in total. The van der Waals surface area contributed by atoms with Crippen molar-refractivity contribution in [3.05, 3.63) is 121 Å². The van der Waals surface area contributed by atoms with Gasteiger partial charge in [-0.1, -0.05) is 48.5 Å². The molecule has 0 unspecified atom stereocenters. The first-order valence-corrected chi connectivity index (χ1v) is 18.3. The van der Waals surface area contributed by atoms with Gasteiger partial charge in [0, 0.05) is 23.5 Å². The van der Waals surface area contributed by atoms with Crippen molar-refractivity contribution < 1.29 is 24.8 Å². The Morgan fingerprint density at radius 1 is 0.559 bits per heavy atom. The monoisotopic (exact) mass is 594 g/mol. The Bertz CT molecular complexity index is 1030. The van der Waals surface area contributed by atoms with E-state index in [9.17, 15) is 9.59 Å². The van der Waals surface area contributed by atoms with E-state index in [2.05, 4.69) is 20.6 Å². The van der Waals surface area contributed by atoms with Crippen LogP contribution in [0.4, 0.5) is 11.6 Å². The number of benzene rings is 2. The fourth-order valence-electron chi connectivity index (χ4n) is 2.43. The number of carbonyl (C=O) groups excluding carboxylic acids is 2. The van der Waals surface area contributed by atoms with Crippen molar-refractivity contribution in [3.8, 4) is 0 Å². The summed E-state index contributed by atoms with van der Waals surface area (Å²) in [5.41, 5.74) is 1.26. The zero-order chi connectivity index (χ0) is 24.6. The zero-order valence-electron chi connectivity index (χ0n) is 17.7. The van der Waals surface area contributed by atoms with E-state index in [-0.39, 0.29) is 11.8 Å². The molecule has 34 heavy (non-hydrogen) atoms. The number of hydrogen-bond acceptors (Lipinski definition) is 4. The Hall–Kier alpha value is -2.71. The second-order valence-corrected chi connectivity index (χ2v) is 16.3. The Kier molecular flexibility index (Phi) is 13.0. The van der Waals surface area contributed by atoms with Crippen LogP contribution in [0.25, 0.3) is 0 Å². The molecule has 0 atom stereocenters. The number of halogens is 3. The third-order valence-corrected chi connectivity index (χ3v) is 3.88. The maximum absolute atomic E-state index is 11.7. The molecule has 0 saturated heterocycles. The Morgan fingerprint density at radius 3 is 1.18 bits per heavy atom. The van der Waals surface area contributed by atoms with Gasteiger partial charge in [0.2, 0.25) is 0 Å². The summed E-state index contributed by atoms with van der Waals surface area (Å²) >= 11 is -2.03. The van der Waals surface area contributed by atoms with Gasteiger partial charge < -0.3 is 10.6 Å². The van der Waals surface area contributed by atoms with Crippen LogP contribution in [0.3, 0.4) is 0 Å². The molecule has 2 heterocycles. The van der Waals surface area contributed by atoms with E-state index in [1.807, 2.05) is 48.5 Å². The van der Waals surface area contributed by atoms with Crippen molar-refractivity contribution in [3.63, 3.8) is 0 Å². The molecule has 10 heteroatoms. The van der Waals surface area contributed by atoms with Crippen molar-refractivity contribution in [2.24, 2.45) is 0 Å². The first-order valence-electron chi connectivity index (χ1n) is 9.78. The van der Waals surface area contributed by atoms with Gasteiger partial charge in [-0.25, -0.2) is 9.97 Å². The number of rotatable bonds is 4. The van der Waals surface area contributed by atoms with E-state index in [4.69, 9.17) is 27.6 Å². The Morgan fingerprint density at radius 2 is 0.882 bits per heavy atom. The SMILES string of the molecule is O=C(Nc1ccccn1)c1ccccc1.O=C(Nc1ccccn1)c1ccccc1.[Cl][Nb]([Cl])[Cl]. The molecule has 0 bridgehead atoms. The van der Waals surface area contributed by atoms with Gasteiger partial charge in [-0.05, 0) is 48.5 Å². The fourth-order valence-corrected chi connectivity index (χ4v) is 2.43. The zero-order valence-corrected chi connectivity index (χ0v) is 22.2. The van der Waals surface area contributed by atoms with Crippen molar-refractivity contribution in [2.75, 3.05) is 10.6 Å². The molecule has 2 aromatic carbocycles. The van der Waals surface area contributed by atoms with E-state index in [1.54, 1.807) is 60.9 Å². The van der Waals surface area contributed by atoms with Crippen LogP contribution in [0.15, 0.2) is 109 Å². The molecule has 2 aromatic heterocycles. The number of nitrogens with zero attached hydrogens (tertiary/aromatic N) is 2. The quantitative estimate of drug-likeness (QED) is 0.256. The van der Waals surface area contributed by atoms with Crippen LogP contribution in [0.5, 0.6) is 0 Å². The minimum atomic E-state index is -2.03. The molecule has 4 aromatic rings. The summed E-state index contributed by atoms with van der Waals surface area (Å²) in [7, 11) is 15.0. The number of anilines is 2. The van der Waals surface area contributed by atoms with Gasteiger partial charge in [0.15, 0.2) is 0 Å². The van der Waals surface area contributed by atoms with Gasteiger partial charge in [0.25, 0.3) is 11.8 Å². The van der Waals surface area contributed by atoms with E-state index in [1.165, 1.54) is 0 Å². The van der Waals surface area contributed by atoms with Crippen LogP contribution < -0.4 is 10.6 Å². The van der Waals surface area contributed by atoms with Crippen molar-refractivity contribution in [1.29, 1.82) is 0 Å². The molecule has 0 aliphatic carbocycles. The van der Waals surface area contributed by atoms with Crippen LogP contribution in [0.1, 0.15) is 20.7 Å². The van der Waals surface area contributed by atoms with E-state index < -0.39 is 15.2 Å². The van der Waals surface area contributed by atoms with Crippen molar-refractivity contribution >= 4 is 51.0 Å². The van der Waals surface area contributed by atoms with Gasteiger partial charge >= 0.3 is 42.8 Å². The molecule has 0 saturated carbocycles. The molecule has 0 aliphatic heterocycles. The molecular weight excluding hydrogens is 576 g/mol. The number of aromatic nitrogens is 2. The van der Waals surface area contributed by atoms with Crippen LogP contribution in [0.2, 0.25) is 0 Å². The Balaban J connectivity index is 0.000000208. The van der Waals surface area contributed by atoms with E-state index in [0.717, 1.165) is 0 Å². The normalized spacial score (nSPS) is 9.53. The van der Waals surface area contributed by atoms with E-state index >= 15 is 0 Å². The summed E-state index contributed by atoms with van der Waals surface area (Å²) < 4.78 is 0. The third kappa shape index (κ3) is 11.4. The number of carbonyl (C=O) groups is 2. The minimum absolute atomic E-state index is 0.144. The third-order valence-electron chi connectivity index (χ3n) is 3.88. The summed E-state index contributed by atoms with van der Waals surface area (Å²) in [6.45, 7) is 0. The van der Waals surface area contributed by atoms with Gasteiger partial charge in [-0.3, -0.25) is 9.59 Å². The number of nitrogens with one attached hydrogen (secondary N) is 2. The van der Waals surface area contributed by atoms with Crippen molar-refractivity contribution in [1.82, 2.24) is 9.97 Å². The molecule has 0 spiro atoms. The molecule has 174 valence electrons.